The minimum Gasteiger partial charge on any atom is -0.477 e. The third kappa shape index (κ3) is 2.47. The highest BCUT2D eigenvalue weighted by Crippen LogP contribution is 2.22. The predicted octanol–water partition coefficient (Wildman–Crippen LogP) is 2.37. The normalized spacial score (nSPS) is 11.6. The Morgan fingerprint density at radius 3 is 2.00 bits per heavy atom. The zero-order valence-electron chi connectivity index (χ0n) is 7.61. The van der Waals surface area contributed by atoms with Crippen LogP contribution in [0.4, 0.5) is 22.0 Å². The molecular formula is C9H5F5O2. The van der Waals surface area contributed by atoms with Gasteiger partial charge >= 0.3 is 11.9 Å². The maximum atomic E-state index is 12.7. The Morgan fingerprint density at radius 2 is 1.62 bits per heavy atom. The van der Waals surface area contributed by atoms with Crippen LogP contribution in [0.3, 0.4) is 0 Å². The van der Waals surface area contributed by atoms with Crippen molar-refractivity contribution in [3.05, 3.63) is 35.1 Å². The molecule has 16 heavy (non-hydrogen) atoms. The zero-order chi connectivity index (χ0) is 12.5. The Kier molecular flexibility index (Phi) is 3.16. The van der Waals surface area contributed by atoms with Crippen LogP contribution in [-0.4, -0.2) is 17.0 Å². The number of hydrogen-bond acceptors (Lipinski definition) is 1. The van der Waals surface area contributed by atoms with E-state index in [1.807, 2.05) is 0 Å². The Bertz CT molecular complexity index is 407. The molecule has 0 amide bonds. The first kappa shape index (κ1) is 12.4. The first-order valence-corrected chi connectivity index (χ1v) is 3.98. The van der Waals surface area contributed by atoms with Crippen molar-refractivity contribution in [1.82, 2.24) is 0 Å². The number of carboxylic acid groups (broad SMARTS) is 1. The Morgan fingerprint density at radius 1 is 1.19 bits per heavy atom. The number of halogens is 5. The summed E-state index contributed by atoms with van der Waals surface area (Å²) in [6.07, 6.45) is -1.41. The third-order valence-electron chi connectivity index (χ3n) is 1.78. The van der Waals surface area contributed by atoms with E-state index in [1.54, 1.807) is 0 Å². The van der Waals surface area contributed by atoms with Gasteiger partial charge < -0.3 is 5.11 Å². The highest BCUT2D eigenvalue weighted by molar-refractivity contribution is 5.75. The molecule has 0 aliphatic carbocycles. The summed E-state index contributed by atoms with van der Waals surface area (Å²) in [4.78, 5) is 10.1. The molecule has 1 rings (SSSR count). The van der Waals surface area contributed by atoms with Gasteiger partial charge in [0.1, 0.15) is 0 Å². The second-order valence-electron chi connectivity index (χ2n) is 3.06. The fraction of sp³-hybridized carbons (Fsp3) is 0.222. The van der Waals surface area contributed by atoms with Crippen LogP contribution in [0.25, 0.3) is 0 Å². The molecule has 0 heterocycles. The maximum absolute atomic E-state index is 12.7. The Hall–Kier alpha value is -1.66. The zero-order valence-corrected chi connectivity index (χ0v) is 7.61. The summed E-state index contributed by atoms with van der Waals surface area (Å²) in [5, 5.41) is 8.08. The molecule has 2 nitrogen and oxygen atoms in total. The van der Waals surface area contributed by atoms with E-state index >= 15 is 0 Å². The lowest BCUT2D eigenvalue weighted by molar-refractivity contribution is -0.164. The van der Waals surface area contributed by atoms with Gasteiger partial charge in [-0.2, -0.15) is 8.78 Å². The van der Waals surface area contributed by atoms with Gasteiger partial charge in [0.15, 0.2) is 17.5 Å². The first-order chi connectivity index (χ1) is 7.24. The number of carboxylic acids is 1. The Balaban J connectivity index is 3.04. The highest BCUT2D eigenvalue weighted by atomic mass is 19.3. The minimum atomic E-state index is -4.16. The lowest BCUT2D eigenvalue weighted by Crippen LogP contribution is -2.30. The van der Waals surface area contributed by atoms with Crippen LogP contribution >= 0.6 is 0 Å². The van der Waals surface area contributed by atoms with Crippen LogP contribution in [0.2, 0.25) is 0 Å². The van der Waals surface area contributed by atoms with Crippen molar-refractivity contribution >= 4 is 5.97 Å². The van der Waals surface area contributed by atoms with E-state index in [-0.39, 0.29) is 0 Å². The number of rotatable bonds is 3. The van der Waals surface area contributed by atoms with Crippen molar-refractivity contribution < 1.29 is 31.9 Å². The molecule has 0 aliphatic heterocycles. The summed E-state index contributed by atoms with van der Waals surface area (Å²) in [7, 11) is 0. The van der Waals surface area contributed by atoms with Gasteiger partial charge in [-0.05, 0) is 17.7 Å². The van der Waals surface area contributed by atoms with Gasteiger partial charge in [-0.15, -0.1) is 0 Å². The summed E-state index contributed by atoms with van der Waals surface area (Å²) < 4.78 is 63.0. The molecule has 0 fully saturated rings. The quantitative estimate of drug-likeness (QED) is 0.650. The van der Waals surface area contributed by atoms with Crippen LogP contribution < -0.4 is 0 Å². The standard InChI is InChI=1S/C9H5F5O2/c10-5-1-4(2-6(11)7(5)12)3-9(13,14)8(15)16/h1-2H,3H2,(H,15,16). The van der Waals surface area contributed by atoms with Gasteiger partial charge in [-0.25, -0.2) is 18.0 Å². The second kappa shape index (κ2) is 4.07. The van der Waals surface area contributed by atoms with E-state index in [0.717, 1.165) is 0 Å². The molecule has 0 spiro atoms. The Labute approximate surface area is 86.3 Å². The number of benzene rings is 1. The smallest absolute Gasteiger partial charge is 0.374 e. The molecule has 1 aromatic carbocycles. The molecule has 0 radical (unpaired) electrons. The minimum absolute atomic E-state index is 0.329. The molecule has 0 unspecified atom stereocenters. The molecule has 1 aromatic rings. The summed E-state index contributed by atoms with van der Waals surface area (Å²) in [5.41, 5.74) is -0.635. The van der Waals surface area contributed by atoms with Gasteiger partial charge in [0.05, 0.1) is 0 Å². The first-order valence-electron chi connectivity index (χ1n) is 3.98. The molecule has 0 aliphatic rings. The van der Waals surface area contributed by atoms with Crippen LogP contribution in [0, 0.1) is 17.5 Å². The average Bonchev–Trinajstić information content (AvgIpc) is 2.13. The lowest BCUT2D eigenvalue weighted by Gasteiger charge is -2.11. The van der Waals surface area contributed by atoms with E-state index in [4.69, 9.17) is 5.11 Å². The molecular weight excluding hydrogens is 235 g/mol. The molecule has 1 N–H and O–H groups in total. The van der Waals surface area contributed by atoms with Crippen molar-refractivity contribution in [3.8, 4) is 0 Å². The van der Waals surface area contributed by atoms with Crippen molar-refractivity contribution in [3.63, 3.8) is 0 Å². The number of hydrogen-bond donors (Lipinski definition) is 1. The van der Waals surface area contributed by atoms with Crippen molar-refractivity contribution in [2.75, 3.05) is 0 Å². The lowest BCUT2D eigenvalue weighted by atomic mass is 10.1. The maximum Gasteiger partial charge on any atom is 0.374 e. The van der Waals surface area contributed by atoms with E-state index in [9.17, 15) is 26.7 Å². The SMILES string of the molecule is O=C(O)C(F)(F)Cc1cc(F)c(F)c(F)c1. The highest BCUT2D eigenvalue weighted by Gasteiger charge is 2.39. The van der Waals surface area contributed by atoms with E-state index in [0.29, 0.717) is 12.1 Å². The van der Waals surface area contributed by atoms with Crippen molar-refractivity contribution in [2.45, 2.75) is 12.3 Å². The monoisotopic (exact) mass is 240 g/mol. The molecule has 0 saturated carbocycles. The van der Waals surface area contributed by atoms with Crippen LogP contribution in [-0.2, 0) is 11.2 Å². The van der Waals surface area contributed by atoms with Gasteiger partial charge in [-0.3, -0.25) is 0 Å². The van der Waals surface area contributed by atoms with Gasteiger partial charge in [0.25, 0.3) is 0 Å². The molecule has 0 aromatic heterocycles. The van der Waals surface area contributed by atoms with Crippen LogP contribution in [0.1, 0.15) is 5.56 Å². The van der Waals surface area contributed by atoms with Crippen LogP contribution in [0.5, 0.6) is 0 Å². The fourth-order valence-electron chi connectivity index (χ4n) is 1.04. The molecule has 88 valence electrons. The molecule has 7 heteroatoms. The summed E-state index contributed by atoms with van der Waals surface area (Å²) in [6, 6.07) is 0.657. The molecule has 0 bridgehead atoms. The van der Waals surface area contributed by atoms with E-state index in [2.05, 4.69) is 0 Å². The van der Waals surface area contributed by atoms with Gasteiger partial charge in [0.2, 0.25) is 0 Å². The van der Waals surface area contributed by atoms with Gasteiger partial charge in [0, 0.05) is 6.42 Å². The van der Waals surface area contributed by atoms with Gasteiger partial charge in [-0.1, -0.05) is 0 Å². The second-order valence-corrected chi connectivity index (χ2v) is 3.06. The number of aliphatic carboxylic acids is 1. The van der Waals surface area contributed by atoms with E-state index in [1.165, 1.54) is 0 Å². The van der Waals surface area contributed by atoms with E-state index < -0.39 is 41.3 Å². The van der Waals surface area contributed by atoms with Crippen molar-refractivity contribution in [2.24, 2.45) is 0 Å². The summed E-state index contributed by atoms with van der Waals surface area (Å²) in [6.45, 7) is 0. The number of carbonyl (C=O) groups is 1. The number of alkyl halides is 2. The summed E-state index contributed by atoms with van der Waals surface area (Å²) >= 11 is 0. The fourth-order valence-corrected chi connectivity index (χ4v) is 1.04. The van der Waals surface area contributed by atoms with Crippen LogP contribution in [0.15, 0.2) is 12.1 Å². The molecule has 0 saturated heterocycles. The molecule has 0 atom stereocenters. The van der Waals surface area contributed by atoms with Crippen molar-refractivity contribution in [1.29, 1.82) is 0 Å². The summed E-state index contributed by atoms with van der Waals surface area (Å²) in [5.74, 6) is -11.6. The topological polar surface area (TPSA) is 37.3 Å². The largest absolute Gasteiger partial charge is 0.477 e. The average molecular weight is 240 g/mol. The third-order valence-corrected chi connectivity index (χ3v) is 1.78. The predicted molar refractivity (Wildman–Crippen MR) is 42.6 cm³/mol.